The van der Waals surface area contributed by atoms with E-state index < -0.39 is 5.95 Å². The lowest BCUT2D eigenvalue weighted by molar-refractivity contribution is 0.578. The summed E-state index contributed by atoms with van der Waals surface area (Å²) in [4.78, 5) is 7.08. The van der Waals surface area contributed by atoms with Gasteiger partial charge >= 0.3 is 0 Å². The van der Waals surface area contributed by atoms with Gasteiger partial charge in [-0.1, -0.05) is 6.58 Å². The molecule has 0 aromatic carbocycles. The first-order valence-electron chi connectivity index (χ1n) is 2.44. The molecule has 0 amide bonds. The molecular formula is C6H5FN2. The molecule has 1 aromatic heterocycles. The van der Waals surface area contributed by atoms with E-state index in [0.29, 0.717) is 5.82 Å². The lowest BCUT2D eigenvalue weighted by atomic mass is 10.5. The van der Waals surface area contributed by atoms with Crippen LogP contribution in [0, 0.1) is 5.95 Å². The Hall–Kier alpha value is -1.25. The van der Waals surface area contributed by atoms with Gasteiger partial charge in [-0.2, -0.15) is 4.39 Å². The summed E-state index contributed by atoms with van der Waals surface area (Å²) in [5.41, 5.74) is 0. The van der Waals surface area contributed by atoms with Crippen molar-refractivity contribution in [1.82, 2.24) is 9.97 Å². The highest BCUT2D eigenvalue weighted by Crippen LogP contribution is 1.92. The molecule has 0 aliphatic carbocycles. The summed E-state index contributed by atoms with van der Waals surface area (Å²) in [7, 11) is 0. The van der Waals surface area contributed by atoms with Crippen molar-refractivity contribution < 1.29 is 4.39 Å². The minimum Gasteiger partial charge on any atom is -0.237 e. The maximum atomic E-state index is 12.2. The highest BCUT2D eigenvalue weighted by molar-refractivity contribution is 5.34. The molecule has 3 heteroatoms. The second-order valence-corrected chi connectivity index (χ2v) is 1.44. The molecule has 0 saturated heterocycles. The van der Waals surface area contributed by atoms with Crippen LogP contribution in [0.1, 0.15) is 5.82 Å². The molecule has 0 spiro atoms. The Morgan fingerprint density at radius 2 is 2.44 bits per heavy atom. The van der Waals surface area contributed by atoms with Crippen LogP contribution >= 0.6 is 0 Å². The van der Waals surface area contributed by atoms with E-state index in [1.54, 1.807) is 0 Å². The van der Waals surface area contributed by atoms with Gasteiger partial charge < -0.3 is 0 Å². The predicted octanol–water partition coefficient (Wildman–Crippen LogP) is 1.26. The maximum absolute atomic E-state index is 12.2. The van der Waals surface area contributed by atoms with E-state index in [9.17, 15) is 4.39 Å². The number of aromatic nitrogens is 2. The minimum absolute atomic E-state index is 0.315. The first-order valence-corrected chi connectivity index (χ1v) is 2.44. The van der Waals surface area contributed by atoms with Crippen molar-refractivity contribution in [3.8, 4) is 0 Å². The summed E-state index contributed by atoms with van der Waals surface area (Å²) in [6.07, 6.45) is 2.74. The van der Waals surface area contributed by atoms with Gasteiger partial charge in [-0.3, -0.25) is 0 Å². The van der Waals surface area contributed by atoms with E-state index in [1.165, 1.54) is 18.3 Å². The van der Waals surface area contributed by atoms with Crippen LogP contribution in [-0.2, 0) is 0 Å². The fourth-order valence-corrected chi connectivity index (χ4v) is 0.449. The SMILES string of the molecule is C=Cc1nccc(F)n1. The van der Waals surface area contributed by atoms with Crippen molar-refractivity contribution in [3.05, 3.63) is 30.6 Å². The molecule has 0 unspecified atom stereocenters. The number of nitrogens with zero attached hydrogens (tertiary/aromatic N) is 2. The van der Waals surface area contributed by atoms with Gasteiger partial charge in [0.25, 0.3) is 0 Å². The maximum Gasteiger partial charge on any atom is 0.216 e. The third kappa shape index (κ3) is 1.32. The second kappa shape index (κ2) is 2.35. The zero-order chi connectivity index (χ0) is 6.69. The summed E-state index contributed by atoms with van der Waals surface area (Å²) >= 11 is 0. The molecule has 1 aromatic rings. The summed E-state index contributed by atoms with van der Waals surface area (Å²) in [5.74, 6) is -0.213. The lowest BCUT2D eigenvalue weighted by Gasteiger charge is -1.87. The average Bonchev–Trinajstić information content (AvgIpc) is 1.88. The third-order valence-electron chi connectivity index (χ3n) is 0.823. The Morgan fingerprint density at radius 1 is 1.67 bits per heavy atom. The van der Waals surface area contributed by atoms with Gasteiger partial charge in [-0.25, -0.2) is 9.97 Å². The van der Waals surface area contributed by atoms with E-state index in [2.05, 4.69) is 16.5 Å². The molecule has 0 bridgehead atoms. The zero-order valence-electron chi connectivity index (χ0n) is 4.71. The summed E-state index contributed by atoms with van der Waals surface area (Å²) < 4.78 is 12.2. The highest BCUT2D eigenvalue weighted by atomic mass is 19.1. The standard InChI is InChI=1S/C6H5FN2/c1-2-6-8-4-3-5(7)9-6/h2-4H,1H2. The van der Waals surface area contributed by atoms with Crippen LogP contribution in [0.15, 0.2) is 18.8 Å². The van der Waals surface area contributed by atoms with Crippen LogP contribution in [0.25, 0.3) is 6.08 Å². The zero-order valence-corrected chi connectivity index (χ0v) is 4.71. The Kier molecular flexibility index (Phi) is 1.53. The largest absolute Gasteiger partial charge is 0.237 e. The molecule has 2 nitrogen and oxygen atoms in total. The molecule has 0 fully saturated rings. The first-order chi connectivity index (χ1) is 4.33. The van der Waals surface area contributed by atoms with Gasteiger partial charge in [0, 0.05) is 12.3 Å². The minimum atomic E-state index is -0.528. The topological polar surface area (TPSA) is 25.8 Å². The van der Waals surface area contributed by atoms with Gasteiger partial charge in [0.05, 0.1) is 0 Å². The lowest BCUT2D eigenvalue weighted by Crippen LogP contribution is -1.88. The molecule has 1 heterocycles. The van der Waals surface area contributed by atoms with E-state index in [0.717, 1.165) is 0 Å². The third-order valence-corrected chi connectivity index (χ3v) is 0.823. The Bertz CT molecular complexity index is 222. The predicted molar refractivity (Wildman–Crippen MR) is 32.1 cm³/mol. The van der Waals surface area contributed by atoms with Gasteiger partial charge in [-0.15, -0.1) is 0 Å². The van der Waals surface area contributed by atoms with Crippen molar-refractivity contribution in [2.24, 2.45) is 0 Å². The van der Waals surface area contributed by atoms with Crippen LogP contribution in [-0.4, -0.2) is 9.97 Å². The molecule has 0 aliphatic rings. The summed E-state index contributed by atoms with van der Waals surface area (Å²) in [6, 6.07) is 1.19. The molecular weight excluding hydrogens is 119 g/mol. The number of halogens is 1. The fraction of sp³-hybridized carbons (Fsp3) is 0. The van der Waals surface area contributed by atoms with Crippen molar-refractivity contribution in [1.29, 1.82) is 0 Å². The summed E-state index contributed by atoms with van der Waals surface area (Å²) in [6.45, 7) is 3.38. The van der Waals surface area contributed by atoms with E-state index in [-0.39, 0.29) is 0 Å². The van der Waals surface area contributed by atoms with Crippen LogP contribution < -0.4 is 0 Å². The quantitative estimate of drug-likeness (QED) is 0.526. The average molecular weight is 124 g/mol. The van der Waals surface area contributed by atoms with Crippen LogP contribution in [0.4, 0.5) is 4.39 Å². The van der Waals surface area contributed by atoms with Gasteiger partial charge in [-0.05, 0) is 6.08 Å². The molecule has 0 saturated carbocycles. The van der Waals surface area contributed by atoms with E-state index in [4.69, 9.17) is 0 Å². The Balaban J connectivity index is 3.07. The molecule has 0 aliphatic heterocycles. The number of hydrogen-bond donors (Lipinski definition) is 0. The second-order valence-electron chi connectivity index (χ2n) is 1.44. The van der Waals surface area contributed by atoms with Crippen molar-refractivity contribution >= 4 is 6.08 Å². The molecule has 0 radical (unpaired) electrons. The summed E-state index contributed by atoms with van der Waals surface area (Å²) in [5, 5.41) is 0. The van der Waals surface area contributed by atoms with Gasteiger partial charge in [0.2, 0.25) is 5.95 Å². The van der Waals surface area contributed by atoms with Crippen LogP contribution in [0.2, 0.25) is 0 Å². The van der Waals surface area contributed by atoms with Crippen molar-refractivity contribution in [2.75, 3.05) is 0 Å². The number of rotatable bonds is 1. The molecule has 46 valence electrons. The van der Waals surface area contributed by atoms with Crippen LogP contribution in [0.3, 0.4) is 0 Å². The number of hydrogen-bond acceptors (Lipinski definition) is 2. The van der Waals surface area contributed by atoms with Crippen molar-refractivity contribution in [3.63, 3.8) is 0 Å². The van der Waals surface area contributed by atoms with E-state index >= 15 is 0 Å². The Labute approximate surface area is 52.1 Å². The Morgan fingerprint density at radius 3 is 2.89 bits per heavy atom. The molecule has 0 atom stereocenters. The molecule has 9 heavy (non-hydrogen) atoms. The fourth-order valence-electron chi connectivity index (χ4n) is 0.449. The molecule has 0 N–H and O–H groups in total. The normalized spacial score (nSPS) is 9.00. The van der Waals surface area contributed by atoms with Gasteiger partial charge in [0.1, 0.15) is 0 Å². The van der Waals surface area contributed by atoms with Crippen LogP contribution in [0.5, 0.6) is 0 Å². The van der Waals surface area contributed by atoms with Crippen molar-refractivity contribution in [2.45, 2.75) is 0 Å². The monoisotopic (exact) mass is 124 g/mol. The first kappa shape index (κ1) is 5.88. The van der Waals surface area contributed by atoms with Gasteiger partial charge in [0.15, 0.2) is 5.82 Å². The van der Waals surface area contributed by atoms with E-state index in [1.807, 2.05) is 0 Å². The molecule has 1 rings (SSSR count). The highest BCUT2D eigenvalue weighted by Gasteiger charge is 1.89. The smallest absolute Gasteiger partial charge is 0.216 e.